The molecule has 2 rings (SSSR count). The van der Waals surface area contributed by atoms with E-state index in [0.717, 1.165) is 0 Å². The molecule has 1 saturated carbocycles. The Balaban J connectivity index is 0.000000505. The van der Waals surface area contributed by atoms with Gasteiger partial charge >= 0.3 is 7.82 Å². The topological polar surface area (TPSA) is 151 Å². The molecule has 0 aliphatic heterocycles. The zero-order chi connectivity index (χ0) is 18.8. The molecule has 0 atom stereocenters. The van der Waals surface area contributed by atoms with Crippen molar-refractivity contribution in [2.45, 2.75) is 31.5 Å². The van der Waals surface area contributed by atoms with Crippen LogP contribution in [-0.4, -0.2) is 31.4 Å². The second-order valence-corrected chi connectivity index (χ2v) is 5.52. The Morgan fingerprint density at radius 2 is 2.00 bits per heavy atom. The number of nitrogens with zero attached hydrogens (tertiary/aromatic N) is 1. The van der Waals surface area contributed by atoms with E-state index < -0.39 is 38.2 Å². The van der Waals surface area contributed by atoms with Crippen LogP contribution < -0.4 is 5.73 Å². The van der Waals surface area contributed by atoms with Crippen molar-refractivity contribution in [1.82, 2.24) is 4.98 Å². The second kappa shape index (κ2) is 6.44. The quantitative estimate of drug-likeness (QED) is 0.459. The number of aromatic nitrogens is 1. The predicted octanol–water partition coefficient (Wildman–Crippen LogP) is 0.263. The first-order chi connectivity index (χ1) is 10.7. The van der Waals surface area contributed by atoms with Crippen LogP contribution in [0.25, 0.3) is 0 Å². The van der Waals surface area contributed by atoms with Crippen molar-refractivity contribution in [3.8, 4) is 0 Å². The second-order valence-electron chi connectivity index (χ2n) is 4.49. The van der Waals surface area contributed by atoms with Gasteiger partial charge < -0.3 is 20.4 Å². The molecule has 1 amide bonds. The first-order valence-electron chi connectivity index (χ1n) is 7.32. The summed E-state index contributed by atoms with van der Waals surface area (Å²) in [4.78, 5) is 48.7. The minimum atomic E-state index is -4.64. The summed E-state index contributed by atoms with van der Waals surface area (Å²) in [6.07, 6.45) is 2.12. The number of rotatable bonds is 4. The zero-order valence-electron chi connectivity index (χ0n) is 13.9. The molecular formula is C12H17N2O6P. The van der Waals surface area contributed by atoms with Gasteiger partial charge in [-0.1, -0.05) is 6.85 Å². The summed E-state index contributed by atoms with van der Waals surface area (Å²) in [5, 5.41) is 0. The Morgan fingerprint density at radius 1 is 1.43 bits per heavy atom. The van der Waals surface area contributed by atoms with E-state index in [2.05, 4.69) is 4.98 Å². The zero-order valence-corrected chi connectivity index (χ0v) is 11.8. The molecular weight excluding hydrogens is 299 g/mol. The number of carbonyl (C=O) groups is 2. The van der Waals surface area contributed by atoms with E-state index in [-0.39, 0.29) is 5.56 Å². The van der Waals surface area contributed by atoms with Crippen molar-refractivity contribution in [2.75, 3.05) is 0 Å². The molecule has 0 unspecified atom stereocenters. The van der Waals surface area contributed by atoms with Crippen LogP contribution in [0.4, 0.5) is 0 Å². The number of hydrogen-bond acceptors (Lipinski definition) is 4. The van der Waals surface area contributed by atoms with Gasteiger partial charge in [-0.3, -0.25) is 14.6 Å². The number of Topliss-reactive ketones (excluding diaryl/α,β-unsaturated/α-hetero) is 1. The van der Waals surface area contributed by atoms with Crippen molar-refractivity contribution >= 4 is 19.5 Å². The molecule has 1 aromatic rings. The molecule has 0 bridgehead atoms. The number of nitrogens with two attached hydrogens (primary N) is 1. The van der Waals surface area contributed by atoms with Gasteiger partial charge in [0, 0.05) is 22.3 Å². The summed E-state index contributed by atoms with van der Waals surface area (Å²) in [5.74, 6) is -0.899. The smallest absolute Gasteiger partial charge is 0.369 e. The fraction of sp³-hybridized carbons (Fsp3) is 0.417. The summed E-state index contributed by atoms with van der Waals surface area (Å²) in [6, 6.07) is 3.07. The fourth-order valence-electron chi connectivity index (χ4n) is 1.70. The Labute approximate surface area is 125 Å². The van der Waals surface area contributed by atoms with Gasteiger partial charge in [-0.2, -0.15) is 0 Å². The van der Waals surface area contributed by atoms with Crippen molar-refractivity contribution in [1.29, 1.82) is 0 Å². The number of carbonyl (C=O) groups excluding carboxylic acids is 2. The van der Waals surface area contributed by atoms with Crippen LogP contribution in [0.5, 0.6) is 0 Å². The van der Waals surface area contributed by atoms with Crippen molar-refractivity contribution in [3.05, 3.63) is 29.6 Å². The van der Waals surface area contributed by atoms with Crippen LogP contribution in [0, 0.1) is 0 Å². The molecule has 21 heavy (non-hydrogen) atoms. The lowest BCUT2D eigenvalue weighted by Crippen LogP contribution is -2.29. The fourth-order valence-corrected chi connectivity index (χ4v) is 1.70. The number of phosphoric acid groups is 1. The van der Waals surface area contributed by atoms with Gasteiger partial charge in [-0.15, -0.1) is 0 Å². The van der Waals surface area contributed by atoms with Crippen molar-refractivity contribution in [2.24, 2.45) is 5.73 Å². The Kier molecular flexibility index (Phi) is 4.02. The molecule has 1 aliphatic rings. The highest BCUT2D eigenvalue weighted by Gasteiger charge is 2.51. The highest BCUT2D eigenvalue weighted by Crippen LogP contribution is 2.46. The van der Waals surface area contributed by atoms with E-state index >= 15 is 0 Å². The van der Waals surface area contributed by atoms with Gasteiger partial charge in [0.15, 0.2) is 5.78 Å². The Bertz CT molecular complexity index is 658. The molecule has 116 valence electrons. The van der Waals surface area contributed by atoms with E-state index in [9.17, 15) is 9.59 Å². The molecule has 0 radical (unpaired) electrons. The molecule has 8 nitrogen and oxygen atoms in total. The van der Waals surface area contributed by atoms with Gasteiger partial charge in [0.2, 0.25) is 5.91 Å². The lowest BCUT2D eigenvalue weighted by molar-refractivity contribution is -0.120. The number of amides is 1. The average Bonchev–Trinajstić information content (AvgIpc) is 3.16. The minimum Gasteiger partial charge on any atom is -0.369 e. The number of ketones is 1. The molecule has 1 fully saturated rings. The summed E-state index contributed by atoms with van der Waals surface area (Å²) in [6.45, 7) is -2.29. The average molecular weight is 319 g/mol. The maximum Gasteiger partial charge on any atom is 0.466 e. The normalized spacial score (nSPS) is 18.3. The van der Waals surface area contributed by atoms with Gasteiger partial charge in [0.25, 0.3) is 0 Å². The SMILES string of the molecule is O=P(O)(O)O.[2H]C([2H])([2H])CC(=O)c1ccc(C2(C(N)=O)CC2)nc1. The lowest BCUT2D eigenvalue weighted by Gasteiger charge is -2.10. The molecule has 1 aliphatic carbocycles. The van der Waals surface area contributed by atoms with E-state index in [1.807, 2.05) is 0 Å². The molecule has 0 saturated heterocycles. The maximum absolute atomic E-state index is 11.7. The first-order valence-corrected chi connectivity index (χ1v) is 7.39. The number of primary amides is 1. The minimum absolute atomic E-state index is 0.236. The van der Waals surface area contributed by atoms with E-state index in [0.29, 0.717) is 18.5 Å². The molecule has 1 heterocycles. The van der Waals surface area contributed by atoms with Gasteiger partial charge in [-0.05, 0) is 25.0 Å². The molecule has 0 aromatic carbocycles. The summed E-state index contributed by atoms with van der Waals surface area (Å²) in [5.41, 5.74) is 5.42. The van der Waals surface area contributed by atoms with Crippen LogP contribution in [0.3, 0.4) is 0 Å². The van der Waals surface area contributed by atoms with Crippen LogP contribution >= 0.6 is 7.82 Å². The van der Waals surface area contributed by atoms with Crippen LogP contribution in [0.1, 0.15) is 46.3 Å². The third-order valence-corrected chi connectivity index (χ3v) is 2.96. The lowest BCUT2D eigenvalue weighted by atomic mass is 10.00. The maximum atomic E-state index is 11.7. The van der Waals surface area contributed by atoms with Gasteiger partial charge in [0.1, 0.15) is 0 Å². The highest BCUT2D eigenvalue weighted by atomic mass is 31.2. The largest absolute Gasteiger partial charge is 0.466 e. The van der Waals surface area contributed by atoms with E-state index in [1.54, 1.807) is 6.07 Å². The summed E-state index contributed by atoms with van der Waals surface area (Å²) in [7, 11) is -4.64. The van der Waals surface area contributed by atoms with Gasteiger partial charge in [-0.25, -0.2) is 4.57 Å². The van der Waals surface area contributed by atoms with Crippen molar-refractivity contribution < 1.29 is 32.9 Å². The molecule has 0 spiro atoms. The molecule has 5 N–H and O–H groups in total. The van der Waals surface area contributed by atoms with E-state index in [4.69, 9.17) is 29.1 Å². The third-order valence-electron chi connectivity index (χ3n) is 2.96. The molecule has 9 heteroatoms. The Morgan fingerprint density at radius 3 is 2.33 bits per heavy atom. The van der Waals surface area contributed by atoms with Crippen molar-refractivity contribution in [3.63, 3.8) is 0 Å². The Hall–Kier alpha value is -1.60. The van der Waals surface area contributed by atoms with Crippen LogP contribution in [0.2, 0.25) is 0 Å². The monoisotopic (exact) mass is 319 g/mol. The van der Waals surface area contributed by atoms with E-state index in [1.165, 1.54) is 12.3 Å². The third kappa shape index (κ3) is 5.02. The standard InChI is InChI=1S/C12H14N2O2.H3O4P/c1-2-9(15)8-3-4-10(14-7-8)12(5-6-12)11(13)16;1-5(2,3)4/h3-4,7H,2,5-6H2,1H3,(H2,13,16);(H3,1,2,3,4)/i1D3;. The summed E-state index contributed by atoms with van der Waals surface area (Å²) >= 11 is 0. The summed E-state index contributed by atoms with van der Waals surface area (Å²) < 4.78 is 30.0. The highest BCUT2D eigenvalue weighted by molar-refractivity contribution is 7.45. The number of hydrogen-bond donors (Lipinski definition) is 4. The molecule has 1 aromatic heterocycles. The first kappa shape index (κ1) is 13.1. The van der Waals surface area contributed by atoms with Crippen LogP contribution in [0.15, 0.2) is 18.3 Å². The van der Waals surface area contributed by atoms with Gasteiger partial charge in [0.05, 0.1) is 11.1 Å². The number of pyridine rings is 1. The predicted molar refractivity (Wildman–Crippen MR) is 73.2 cm³/mol. The van der Waals surface area contributed by atoms with Crippen LogP contribution in [-0.2, 0) is 14.8 Å².